The highest BCUT2D eigenvalue weighted by Crippen LogP contribution is 2.13. The number of nitrogens with one attached hydrogen (secondary N) is 1. The van der Waals surface area contributed by atoms with Gasteiger partial charge in [0.25, 0.3) is 0 Å². The first kappa shape index (κ1) is 23.9. The fourth-order valence-electron chi connectivity index (χ4n) is 3.63. The monoisotopic (exact) mass is 533 g/mol. The molecule has 0 aliphatic carbocycles. The molecule has 0 aromatic heterocycles. The number of carbonyl (C=O) groups excluding carboxylic acids is 2. The Bertz CT molecular complexity index is 704. The Morgan fingerprint density at radius 3 is 2.28 bits per heavy atom. The summed E-state index contributed by atoms with van der Waals surface area (Å²) >= 11 is 5.95. The van der Waals surface area contributed by atoms with Gasteiger partial charge < -0.3 is 10.2 Å². The molecule has 1 aromatic rings. The molecular weight excluding hydrogens is 505 g/mol. The Hall–Kier alpha value is -1.39. The van der Waals surface area contributed by atoms with Crippen molar-refractivity contribution < 1.29 is 9.59 Å². The highest BCUT2D eigenvalue weighted by Gasteiger charge is 2.25. The Balaban J connectivity index is 0.00000300. The number of carbonyl (C=O) groups is 2. The number of likely N-dealkylation sites (tertiary alicyclic amines) is 1. The van der Waals surface area contributed by atoms with Crippen molar-refractivity contribution in [3.63, 3.8) is 0 Å². The largest absolute Gasteiger partial charge is 0.354 e. The maximum absolute atomic E-state index is 11.9. The zero-order valence-corrected chi connectivity index (χ0v) is 19.9. The number of imide groups is 1. The van der Waals surface area contributed by atoms with E-state index in [0.29, 0.717) is 32.4 Å². The lowest BCUT2D eigenvalue weighted by atomic mass is 10.1. The van der Waals surface area contributed by atoms with E-state index in [1.807, 2.05) is 12.1 Å². The van der Waals surface area contributed by atoms with Gasteiger partial charge in [-0.15, -0.1) is 24.0 Å². The van der Waals surface area contributed by atoms with Crippen LogP contribution in [0.1, 0.15) is 24.8 Å². The average Bonchev–Trinajstić information content (AvgIpc) is 2.70. The van der Waals surface area contributed by atoms with Crippen LogP contribution in [-0.2, 0) is 16.1 Å². The van der Waals surface area contributed by atoms with Crippen LogP contribution < -0.4 is 5.32 Å². The molecule has 0 saturated carbocycles. The van der Waals surface area contributed by atoms with Gasteiger partial charge in [-0.3, -0.25) is 24.4 Å². The van der Waals surface area contributed by atoms with E-state index in [9.17, 15) is 9.59 Å². The molecule has 7 nitrogen and oxygen atoms in total. The molecule has 3 rings (SSSR count). The fraction of sp³-hybridized carbons (Fsp3) is 0.550. The number of piperidine rings is 1. The average molecular weight is 534 g/mol. The minimum atomic E-state index is -0.0659. The number of benzene rings is 1. The predicted molar refractivity (Wildman–Crippen MR) is 126 cm³/mol. The number of amides is 2. The topological polar surface area (TPSA) is 68.2 Å². The molecule has 0 bridgehead atoms. The molecule has 29 heavy (non-hydrogen) atoms. The van der Waals surface area contributed by atoms with Gasteiger partial charge in [-0.1, -0.05) is 23.7 Å². The SMILES string of the molecule is CN=C(NCCN1C(=O)CCCC1=O)N1CCN(Cc2ccc(Cl)cc2)CC1.I. The molecule has 2 heterocycles. The number of aliphatic imine (C=N–C) groups is 1. The first-order valence-corrected chi connectivity index (χ1v) is 10.2. The van der Waals surface area contributed by atoms with Gasteiger partial charge in [0.2, 0.25) is 11.8 Å². The minimum Gasteiger partial charge on any atom is -0.354 e. The standard InChI is InChI=1S/C20H28ClN5O2.HI/c1-22-20(23-9-10-26-18(27)3-2-4-19(26)28)25-13-11-24(12-14-25)15-16-5-7-17(21)8-6-16;/h5-8H,2-4,9-15H2,1H3,(H,22,23);1H. The fourth-order valence-corrected chi connectivity index (χ4v) is 3.75. The van der Waals surface area contributed by atoms with E-state index in [4.69, 9.17) is 11.6 Å². The van der Waals surface area contributed by atoms with Gasteiger partial charge in [-0.25, -0.2) is 0 Å². The van der Waals surface area contributed by atoms with Gasteiger partial charge in [-0.2, -0.15) is 0 Å². The van der Waals surface area contributed by atoms with Crippen LogP contribution in [0.3, 0.4) is 0 Å². The normalized spacial score (nSPS) is 18.6. The Morgan fingerprint density at radius 1 is 1.07 bits per heavy atom. The smallest absolute Gasteiger partial charge is 0.229 e. The summed E-state index contributed by atoms with van der Waals surface area (Å²) in [5.41, 5.74) is 1.26. The van der Waals surface area contributed by atoms with Crippen molar-refractivity contribution in [3.8, 4) is 0 Å². The maximum atomic E-state index is 11.9. The van der Waals surface area contributed by atoms with Crippen molar-refractivity contribution >= 4 is 53.4 Å². The van der Waals surface area contributed by atoms with Crippen molar-refractivity contribution in [1.29, 1.82) is 0 Å². The number of guanidine groups is 1. The molecule has 2 fully saturated rings. The lowest BCUT2D eigenvalue weighted by Gasteiger charge is -2.36. The van der Waals surface area contributed by atoms with Crippen molar-refractivity contribution in [2.45, 2.75) is 25.8 Å². The second-order valence-corrected chi connectivity index (χ2v) is 7.59. The molecule has 160 valence electrons. The van der Waals surface area contributed by atoms with Crippen LogP contribution >= 0.6 is 35.6 Å². The number of hydrogen-bond acceptors (Lipinski definition) is 4. The predicted octanol–water partition coefficient (Wildman–Crippen LogP) is 2.19. The van der Waals surface area contributed by atoms with E-state index in [1.54, 1.807) is 7.05 Å². The number of nitrogens with zero attached hydrogens (tertiary/aromatic N) is 4. The van der Waals surface area contributed by atoms with Crippen molar-refractivity contribution in [1.82, 2.24) is 20.0 Å². The highest BCUT2D eigenvalue weighted by molar-refractivity contribution is 14.0. The second-order valence-electron chi connectivity index (χ2n) is 7.16. The number of piperazine rings is 1. The van der Waals surface area contributed by atoms with E-state index >= 15 is 0 Å². The molecule has 2 aliphatic heterocycles. The van der Waals surface area contributed by atoms with Crippen LogP contribution in [0.2, 0.25) is 5.02 Å². The third-order valence-electron chi connectivity index (χ3n) is 5.20. The molecule has 9 heteroatoms. The second kappa shape index (κ2) is 11.7. The summed E-state index contributed by atoms with van der Waals surface area (Å²) in [5.74, 6) is 0.691. The zero-order chi connectivity index (χ0) is 19.9. The maximum Gasteiger partial charge on any atom is 0.229 e. The van der Waals surface area contributed by atoms with Crippen LogP contribution in [0.5, 0.6) is 0 Å². The van der Waals surface area contributed by atoms with E-state index < -0.39 is 0 Å². The molecule has 1 N–H and O–H groups in total. The van der Waals surface area contributed by atoms with Gasteiger partial charge in [0.05, 0.1) is 0 Å². The quantitative estimate of drug-likeness (QED) is 0.272. The number of halogens is 2. The summed E-state index contributed by atoms with van der Waals surface area (Å²) in [6.45, 7) is 5.50. The molecule has 2 amide bonds. The van der Waals surface area contributed by atoms with Crippen LogP contribution in [-0.4, -0.2) is 78.8 Å². The van der Waals surface area contributed by atoms with Crippen LogP contribution in [0.4, 0.5) is 0 Å². The molecule has 0 radical (unpaired) electrons. The number of hydrogen-bond donors (Lipinski definition) is 1. The van der Waals surface area contributed by atoms with Gasteiger partial charge >= 0.3 is 0 Å². The zero-order valence-electron chi connectivity index (χ0n) is 16.8. The first-order chi connectivity index (χ1) is 13.6. The molecular formula is C20H29ClIN5O2. The van der Waals surface area contributed by atoms with E-state index in [-0.39, 0.29) is 35.8 Å². The molecule has 2 aliphatic rings. The first-order valence-electron chi connectivity index (χ1n) is 9.82. The summed E-state index contributed by atoms with van der Waals surface area (Å²) in [6.07, 6.45) is 1.61. The van der Waals surface area contributed by atoms with Gasteiger partial charge in [-0.05, 0) is 24.1 Å². The molecule has 0 unspecified atom stereocenters. The molecule has 1 aromatic carbocycles. The summed E-state index contributed by atoms with van der Waals surface area (Å²) in [5, 5.41) is 4.06. The van der Waals surface area contributed by atoms with E-state index in [1.165, 1.54) is 10.5 Å². The molecule has 0 atom stereocenters. The summed E-state index contributed by atoms with van der Waals surface area (Å²) < 4.78 is 0. The van der Waals surface area contributed by atoms with E-state index in [2.05, 4.69) is 32.2 Å². The Morgan fingerprint density at radius 2 is 1.69 bits per heavy atom. The third-order valence-corrected chi connectivity index (χ3v) is 5.46. The summed E-state index contributed by atoms with van der Waals surface area (Å²) in [4.78, 5) is 34.1. The number of rotatable bonds is 5. The Kier molecular flexibility index (Phi) is 9.64. The third kappa shape index (κ3) is 6.82. The summed E-state index contributed by atoms with van der Waals surface area (Å²) in [6, 6.07) is 7.99. The van der Waals surface area contributed by atoms with Gasteiger partial charge in [0.15, 0.2) is 5.96 Å². The Labute approximate surface area is 194 Å². The highest BCUT2D eigenvalue weighted by atomic mass is 127. The van der Waals surface area contributed by atoms with Crippen molar-refractivity contribution in [2.75, 3.05) is 46.3 Å². The van der Waals surface area contributed by atoms with E-state index in [0.717, 1.165) is 43.7 Å². The molecule has 2 saturated heterocycles. The van der Waals surface area contributed by atoms with Gasteiger partial charge in [0.1, 0.15) is 0 Å². The minimum absolute atomic E-state index is 0. The molecule has 0 spiro atoms. The van der Waals surface area contributed by atoms with Crippen LogP contribution in [0.25, 0.3) is 0 Å². The van der Waals surface area contributed by atoms with Crippen molar-refractivity contribution in [3.05, 3.63) is 34.9 Å². The van der Waals surface area contributed by atoms with Gasteiger partial charge in [0, 0.05) is 70.7 Å². The van der Waals surface area contributed by atoms with Crippen LogP contribution in [0, 0.1) is 0 Å². The van der Waals surface area contributed by atoms with Crippen LogP contribution in [0.15, 0.2) is 29.3 Å². The lowest BCUT2D eigenvalue weighted by Crippen LogP contribution is -2.53. The lowest BCUT2D eigenvalue weighted by molar-refractivity contribution is -0.147. The summed E-state index contributed by atoms with van der Waals surface area (Å²) in [7, 11) is 1.76. The van der Waals surface area contributed by atoms with Crippen molar-refractivity contribution in [2.24, 2.45) is 4.99 Å².